The fraction of sp³-hybridized carbons (Fsp3) is 0.727. The second kappa shape index (κ2) is 10.3. The minimum Gasteiger partial charge on any atom is -0.462 e. The molecule has 0 bridgehead atoms. The number of hydrogen-bond acceptors (Lipinski definition) is 10. The minimum atomic E-state index is -1.15. The van der Waals surface area contributed by atoms with Crippen LogP contribution in [0.5, 0.6) is 0 Å². The first-order valence-electron chi connectivity index (χ1n) is 15.4. The molecule has 6 aliphatic rings. The molecule has 236 valence electrons. The van der Waals surface area contributed by atoms with Crippen molar-refractivity contribution in [2.75, 3.05) is 6.61 Å². The lowest BCUT2D eigenvalue weighted by molar-refractivity contribution is -0.258. The van der Waals surface area contributed by atoms with Gasteiger partial charge in [0.2, 0.25) is 0 Å². The molecular weight excluding hydrogens is 556 g/mol. The first kappa shape index (κ1) is 30.5. The monoisotopic (exact) mass is 600 g/mol. The van der Waals surface area contributed by atoms with Crippen LogP contribution in [0.15, 0.2) is 35.1 Å². The highest BCUT2D eigenvalue weighted by Gasteiger charge is 2.77. The fourth-order valence-corrected chi connectivity index (χ4v) is 10.1. The first-order valence-corrected chi connectivity index (χ1v) is 15.4. The van der Waals surface area contributed by atoms with E-state index >= 15 is 0 Å². The Hall–Kier alpha value is -2.53. The number of aliphatic hydroxyl groups excluding tert-OH is 2. The van der Waals surface area contributed by atoms with Crippen molar-refractivity contribution in [3.8, 4) is 0 Å². The Balaban J connectivity index is 1.56. The van der Waals surface area contributed by atoms with E-state index in [2.05, 4.69) is 0 Å². The number of hydrogen-bond donors (Lipinski definition) is 2. The van der Waals surface area contributed by atoms with Crippen LogP contribution in [-0.2, 0) is 38.1 Å². The summed E-state index contributed by atoms with van der Waals surface area (Å²) in [5, 5.41) is 23.4. The molecule has 43 heavy (non-hydrogen) atoms. The molecule has 6 rings (SSSR count). The minimum absolute atomic E-state index is 0.196. The second-order valence-corrected chi connectivity index (χ2v) is 14.2. The quantitative estimate of drug-likeness (QED) is 0.214. The Bertz CT molecular complexity index is 1320. The number of carbonyl (C=O) groups excluding carboxylic acids is 3. The van der Waals surface area contributed by atoms with Crippen molar-refractivity contribution in [1.82, 2.24) is 0 Å². The molecule has 0 aromatic heterocycles. The standard InChI is InChI=1S/C33H44O10/c1-8-15(2)29(37)43-28-26-27-31(5,14-40-26)23(41-17(4)34)13-22(35)32(27,6)21-12-24(36)42-20-11-19(18-9-10-39-30(18)38)16(3)25(20)33(21,28)7/h8-10,18-24,26-28,35-36H,11-14H2,1-7H3/b15-8+/t18-,19+,20-,21+,22-,23+,24+,26+,27-,28+,31+,32-,33+/m0/s1. The molecular formula is C33H44O10. The number of rotatable bonds is 4. The van der Waals surface area contributed by atoms with Gasteiger partial charge in [-0.15, -0.1) is 0 Å². The molecule has 3 heterocycles. The normalized spacial score (nSPS) is 48.7. The highest BCUT2D eigenvalue weighted by Crippen LogP contribution is 2.72. The zero-order valence-electron chi connectivity index (χ0n) is 26.0. The van der Waals surface area contributed by atoms with Gasteiger partial charge in [-0.25, -0.2) is 4.79 Å². The van der Waals surface area contributed by atoms with E-state index in [-0.39, 0.29) is 37.3 Å². The summed E-state index contributed by atoms with van der Waals surface area (Å²) in [7, 11) is 0. The predicted molar refractivity (Wildman–Crippen MR) is 152 cm³/mol. The number of fused-ring (bicyclic) bond motifs is 4. The Morgan fingerprint density at radius 3 is 2.44 bits per heavy atom. The SMILES string of the molecule is C/C=C(\C)C(=O)O[C@@H]1[C@@H]2OC[C@]3(C)[C@H](OC(C)=O)C[C@H](O)[C@@](C)([C@@H]23)[C@H]2C[C@H](O)O[C@H]3C[C@@H]([C@@H]4C=COC4=O)C(C)=C3[C@]12C. The van der Waals surface area contributed by atoms with Crippen LogP contribution < -0.4 is 0 Å². The van der Waals surface area contributed by atoms with Gasteiger partial charge in [0.15, 0.2) is 6.29 Å². The van der Waals surface area contributed by atoms with Crippen LogP contribution >= 0.6 is 0 Å². The Morgan fingerprint density at radius 1 is 1.09 bits per heavy atom. The maximum atomic E-state index is 13.5. The third-order valence-electron chi connectivity index (χ3n) is 12.1. The van der Waals surface area contributed by atoms with Gasteiger partial charge in [0.1, 0.15) is 12.2 Å². The van der Waals surface area contributed by atoms with Gasteiger partial charge in [-0.05, 0) is 50.7 Å². The lowest BCUT2D eigenvalue weighted by atomic mass is 9.39. The van der Waals surface area contributed by atoms with Crippen LogP contribution in [0.1, 0.15) is 67.7 Å². The molecule has 13 atom stereocenters. The maximum absolute atomic E-state index is 13.5. The Morgan fingerprint density at radius 2 is 1.81 bits per heavy atom. The van der Waals surface area contributed by atoms with E-state index in [0.29, 0.717) is 12.0 Å². The van der Waals surface area contributed by atoms with Crippen molar-refractivity contribution in [2.45, 2.75) is 105 Å². The lowest BCUT2D eigenvalue weighted by Crippen LogP contribution is -2.72. The molecule has 10 nitrogen and oxygen atoms in total. The fourth-order valence-electron chi connectivity index (χ4n) is 10.1. The molecule has 0 amide bonds. The number of ether oxygens (including phenoxy) is 5. The van der Waals surface area contributed by atoms with E-state index in [1.165, 1.54) is 13.2 Å². The van der Waals surface area contributed by atoms with Crippen LogP contribution in [0.4, 0.5) is 0 Å². The average Bonchev–Trinajstić information content (AvgIpc) is 3.60. The summed E-state index contributed by atoms with van der Waals surface area (Å²) in [5.74, 6) is -2.75. The topological polar surface area (TPSA) is 138 Å². The van der Waals surface area contributed by atoms with Crippen LogP contribution in [0, 0.1) is 39.9 Å². The summed E-state index contributed by atoms with van der Waals surface area (Å²) in [6.07, 6.45) is 1.10. The van der Waals surface area contributed by atoms with Crippen molar-refractivity contribution in [3.05, 3.63) is 35.1 Å². The largest absolute Gasteiger partial charge is 0.462 e. The number of esters is 3. The van der Waals surface area contributed by atoms with Gasteiger partial charge in [0.25, 0.3) is 0 Å². The number of allylic oxidation sites excluding steroid dienone is 2. The highest BCUT2D eigenvalue weighted by molar-refractivity contribution is 5.88. The Kier molecular flexibility index (Phi) is 7.27. The highest BCUT2D eigenvalue weighted by atomic mass is 16.6. The zero-order chi connectivity index (χ0) is 31.2. The zero-order valence-corrected chi connectivity index (χ0v) is 26.0. The molecule has 0 aromatic rings. The van der Waals surface area contributed by atoms with Crippen LogP contribution in [0.3, 0.4) is 0 Å². The molecule has 0 unspecified atom stereocenters. The van der Waals surface area contributed by atoms with Gasteiger partial charge in [-0.2, -0.15) is 0 Å². The first-order chi connectivity index (χ1) is 20.2. The van der Waals surface area contributed by atoms with Crippen LogP contribution in [0.2, 0.25) is 0 Å². The number of aliphatic hydroxyl groups is 2. The third kappa shape index (κ3) is 4.16. The van der Waals surface area contributed by atoms with Gasteiger partial charge in [0.05, 0.1) is 37.1 Å². The third-order valence-corrected chi connectivity index (χ3v) is 12.1. The summed E-state index contributed by atoms with van der Waals surface area (Å²) in [6.45, 7) is 13.2. The summed E-state index contributed by atoms with van der Waals surface area (Å²) < 4.78 is 30.4. The molecule has 0 spiro atoms. The van der Waals surface area contributed by atoms with E-state index < -0.39 is 76.8 Å². The molecule has 3 aliphatic carbocycles. The molecule has 2 saturated heterocycles. The predicted octanol–water partition coefficient (Wildman–Crippen LogP) is 3.35. The van der Waals surface area contributed by atoms with Crippen LogP contribution in [0.25, 0.3) is 0 Å². The van der Waals surface area contributed by atoms with Gasteiger partial charge in [0, 0.05) is 47.5 Å². The van der Waals surface area contributed by atoms with Crippen molar-refractivity contribution in [3.63, 3.8) is 0 Å². The van der Waals surface area contributed by atoms with Gasteiger partial charge >= 0.3 is 17.9 Å². The van der Waals surface area contributed by atoms with Crippen molar-refractivity contribution < 1.29 is 48.3 Å². The number of cyclic esters (lactones) is 1. The van der Waals surface area contributed by atoms with Gasteiger partial charge in [-0.1, -0.05) is 32.4 Å². The van der Waals surface area contributed by atoms with Crippen molar-refractivity contribution >= 4 is 17.9 Å². The molecule has 0 radical (unpaired) electrons. The number of carbonyl (C=O) groups is 3. The molecule has 2 saturated carbocycles. The second-order valence-electron chi connectivity index (χ2n) is 14.2. The average molecular weight is 601 g/mol. The van der Waals surface area contributed by atoms with Crippen LogP contribution in [-0.4, -0.2) is 71.5 Å². The molecule has 3 aliphatic heterocycles. The van der Waals surface area contributed by atoms with Gasteiger partial charge in [-0.3, -0.25) is 9.59 Å². The van der Waals surface area contributed by atoms with Crippen molar-refractivity contribution in [1.29, 1.82) is 0 Å². The summed E-state index contributed by atoms with van der Waals surface area (Å²) in [6, 6.07) is 0. The molecule has 4 fully saturated rings. The van der Waals surface area contributed by atoms with E-state index in [0.717, 1.165) is 11.1 Å². The van der Waals surface area contributed by atoms with E-state index in [1.54, 1.807) is 26.0 Å². The van der Waals surface area contributed by atoms with E-state index in [1.807, 2.05) is 27.7 Å². The summed E-state index contributed by atoms with van der Waals surface area (Å²) in [5.41, 5.74) is -0.178. The summed E-state index contributed by atoms with van der Waals surface area (Å²) >= 11 is 0. The maximum Gasteiger partial charge on any atom is 0.333 e. The van der Waals surface area contributed by atoms with Crippen molar-refractivity contribution in [2.24, 2.45) is 39.9 Å². The molecule has 0 aromatic carbocycles. The smallest absolute Gasteiger partial charge is 0.333 e. The molecule has 10 heteroatoms. The van der Waals surface area contributed by atoms with E-state index in [9.17, 15) is 24.6 Å². The molecule has 2 N–H and O–H groups in total. The Labute approximate surface area is 252 Å². The lowest BCUT2D eigenvalue weighted by Gasteiger charge is -2.66. The summed E-state index contributed by atoms with van der Waals surface area (Å²) in [4.78, 5) is 38.4. The van der Waals surface area contributed by atoms with Gasteiger partial charge < -0.3 is 33.9 Å². The van der Waals surface area contributed by atoms with E-state index in [4.69, 9.17) is 23.7 Å².